The Bertz CT molecular complexity index is 807. The third-order valence-electron chi connectivity index (χ3n) is 4.89. The number of nitrogens with zero attached hydrogens (tertiary/aromatic N) is 2. The number of aryl methyl sites for hydroxylation is 1. The quantitative estimate of drug-likeness (QED) is 0.843. The van der Waals surface area contributed by atoms with Crippen molar-refractivity contribution >= 4 is 17.5 Å². The number of amides is 2. The second kappa shape index (κ2) is 8.66. The van der Waals surface area contributed by atoms with E-state index in [2.05, 4.69) is 0 Å². The number of nitrogens with two attached hydrogens (primary N) is 1. The predicted octanol–water partition coefficient (Wildman–Crippen LogP) is 2.72. The Hall–Kier alpha value is -2.89. The smallest absolute Gasteiger partial charge is 0.253 e. The van der Waals surface area contributed by atoms with Crippen LogP contribution in [0.3, 0.4) is 0 Å². The van der Waals surface area contributed by atoms with Gasteiger partial charge in [0.25, 0.3) is 5.91 Å². The summed E-state index contributed by atoms with van der Waals surface area (Å²) in [6, 6.07) is 13.1. The predicted molar refractivity (Wildman–Crippen MR) is 103 cm³/mol. The lowest BCUT2D eigenvalue weighted by Crippen LogP contribution is -2.37. The van der Waals surface area contributed by atoms with E-state index in [1.54, 1.807) is 4.90 Å². The minimum atomic E-state index is -0.363. The van der Waals surface area contributed by atoms with E-state index in [0.717, 1.165) is 12.0 Å². The summed E-state index contributed by atoms with van der Waals surface area (Å²) in [5, 5.41) is 0. The van der Waals surface area contributed by atoms with E-state index in [1.165, 1.54) is 24.3 Å². The molecule has 2 aromatic rings. The molecule has 27 heavy (non-hydrogen) atoms. The average Bonchev–Trinajstić information content (AvgIpc) is 2.93. The van der Waals surface area contributed by atoms with Crippen LogP contribution in [0.1, 0.15) is 28.8 Å². The van der Waals surface area contributed by atoms with Crippen molar-refractivity contribution in [3.05, 3.63) is 65.5 Å². The van der Waals surface area contributed by atoms with Gasteiger partial charge in [-0.05, 0) is 48.7 Å². The fourth-order valence-corrected chi connectivity index (χ4v) is 3.31. The van der Waals surface area contributed by atoms with Gasteiger partial charge in [-0.2, -0.15) is 0 Å². The van der Waals surface area contributed by atoms with Crippen LogP contribution in [0.25, 0.3) is 0 Å². The number of hydrogen-bond acceptors (Lipinski definition) is 3. The highest BCUT2D eigenvalue weighted by atomic mass is 19.1. The van der Waals surface area contributed by atoms with Gasteiger partial charge in [-0.1, -0.05) is 18.2 Å². The Morgan fingerprint density at radius 1 is 0.926 bits per heavy atom. The van der Waals surface area contributed by atoms with Crippen molar-refractivity contribution < 1.29 is 14.0 Å². The molecule has 142 valence electrons. The molecule has 0 unspecified atom stereocenters. The topological polar surface area (TPSA) is 66.6 Å². The molecular formula is C21H24FN3O2. The fraction of sp³-hybridized carbons (Fsp3) is 0.333. The molecule has 2 amide bonds. The van der Waals surface area contributed by atoms with Crippen molar-refractivity contribution in [1.29, 1.82) is 0 Å². The lowest BCUT2D eigenvalue weighted by molar-refractivity contribution is -0.131. The Labute approximate surface area is 158 Å². The first-order chi connectivity index (χ1) is 13.0. The van der Waals surface area contributed by atoms with Gasteiger partial charge < -0.3 is 15.5 Å². The van der Waals surface area contributed by atoms with Crippen molar-refractivity contribution in [1.82, 2.24) is 9.80 Å². The molecule has 3 rings (SSSR count). The first kappa shape index (κ1) is 18.9. The molecule has 1 fully saturated rings. The van der Waals surface area contributed by atoms with Gasteiger partial charge in [-0.25, -0.2) is 4.39 Å². The minimum Gasteiger partial charge on any atom is -0.399 e. The van der Waals surface area contributed by atoms with E-state index >= 15 is 0 Å². The summed E-state index contributed by atoms with van der Waals surface area (Å²) < 4.78 is 13.0. The van der Waals surface area contributed by atoms with Gasteiger partial charge in [0.2, 0.25) is 5.91 Å². The molecule has 1 heterocycles. The van der Waals surface area contributed by atoms with Crippen LogP contribution in [0, 0.1) is 5.82 Å². The molecule has 2 aromatic carbocycles. The summed E-state index contributed by atoms with van der Waals surface area (Å²) in [5.74, 6) is -0.408. The highest BCUT2D eigenvalue weighted by Crippen LogP contribution is 2.15. The van der Waals surface area contributed by atoms with E-state index in [0.29, 0.717) is 50.3 Å². The zero-order valence-electron chi connectivity index (χ0n) is 15.2. The number of rotatable bonds is 4. The van der Waals surface area contributed by atoms with E-state index < -0.39 is 0 Å². The van der Waals surface area contributed by atoms with Gasteiger partial charge in [-0.15, -0.1) is 0 Å². The van der Waals surface area contributed by atoms with Crippen molar-refractivity contribution in [3.63, 3.8) is 0 Å². The molecule has 5 nitrogen and oxygen atoms in total. The van der Waals surface area contributed by atoms with Crippen LogP contribution in [0.4, 0.5) is 10.1 Å². The Morgan fingerprint density at radius 3 is 2.33 bits per heavy atom. The molecule has 0 saturated carbocycles. The maximum Gasteiger partial charge on any atom is 0.253 e. The summed E-state index contributed by atoms with van der Waals surface area (Å²) in [6.45, 7) is 2.22. The van der Waals surface area contributed by atoms with Crippen LogP contribution in [0.5, 0.6) is 0 Å². The second-order valence-electron chi connectivity index (χ2n) is 6.73. The first-order valence-electron chi connectivity index (χ1n) is 9.20. The van der Waals surface area contributed by atoms with Gasteiger partial charge in [-0.3, -0.25) is 9.59 Å². The van der Waals surface area contributed by atoms with Crippen molar-refractivity contribution in [3.8, 4) is 0 Å². The van der Waals surface area contributed by atoms with Gasteiger partial charge >= 0.3 is 0 Å². The second-order valence-corrected chi connectivity index (χ2v) is 6.73. The third kappa shape index (κ3) is 4.84. The summed E-state index contributed by atoms with van der Waals surface area (Å²) in [6.07, 6.45) is 1.74. The number of carbonyl (C=O) groups excluding carboxylic acids is 2. The molecule has 1 aliphatic rings. The number of halogens is 1. The summed E-state index contributed by atoms with van der Waals surface area (Å²) in [7, 11) is 0. The number of benzene rings is 2. The lowest BCUT2D eigenvalue weighted by Gasteiger charge is -2.22. The highest BCUT2D eigenvalue weighted by molar-refractivity contribution is 5.94. The molecular weight excluding hydrogens is 345 g/mol. The first-order valence-corrected chi connectivity index (χ1v) is 9.20. The van der Waals surface area contributed by atoms with E-state index in [1.807, 2.05) is 29.2 Å². The van der Waals surface area contributed by atoms with E-state index in [9.17, 15) is 14.0 Å². The molecule has 0 radical (unpaired) electrons. The Kier molecular flexibility index (Phi) is 6.06. The third-order valence-corrected chi connectivity index (χ3v) is 4.89. The molecule has 1 saturated heterocycles. The lowest BCUT2D eigenvalue weighted by atomic mass is 10.1. The maximum absolute atomic E-state index is 13.0. The molecule has 0 aromatic heterocycles. The number of anilines is 1. The zero-order chi connectivity index (χ0) is 19.2. The molecule has 1 aliphatic heterocycles. The zero-order valence-corrected chi connectivity index (χ0v) is 15.2. The van der Waals surface area contributed by atoms with Crippen molar-refractivity contribution in [2.24, 2.45) is 0 Å². The van der Waals surface area contributed by atoms with Crippen molar-refractivity contribution in [2.75, 3.05) is 31.9 Å². The summed E-state index contributed by atoms with van der Waals surface area (Å²) in [5.41, 5.74) is 8.09. The van der Waals surface area contributed by atoms with Crippen LogP contribution in [-0.2, 0) is 11.2 Å². The largest absolute Gasteiger partial charge is 0.399 e. The Balaban J connectivity index is 1.54. The molecule has 0 aliphatic carbocycles. The van der Waals surface area contributed by atoms with Gasteiger partial charge in [0.05, 0.1) is 0 Å². The molecule has 0 spiro atoms. The number of hydrogen-bond donors (Lipinski definition) is 1. The van der Waals surface area contributed by atoms with Crippen LogP contribution in [0.2, 0.25) is 0 Å². The molecule has 2 N–H and O–H groups in total. The normalized spacial score (nSPS) is 14.7. The SMILES string of the molecule is Nc1ccccc1CCC(=O)N1CCCN(C(=O)c2ccc(F)cc2)CC1. The highest BCUT2D eigenvalue weighted by Gasteiger charge is 2.22. The number of nitrogen functional groups attached to an aromatic ring is 1. The molecule has 0 bridgehead atoms. The maximum atomic E-state index is 13.0. The minimum absolute atomic E-state index is 0.0781. The van der Waals surface area contributed by atoms with Gasteiger partial charge in [0.15, 0.2) is 0 Å². The van der Waals surface area contributed by atoms with E-state index in [4.69, 9.17) is 5.73 Å². The fourth-order valence-electron chi connectivity index (χ4n) is 3.31. The Morgan fingerprint density at radius 2 is 1.59 bits per heavy atom. The number of carbonyl (C=O) groups is 2. The summed E-state index contributed by atoms with van der Waals surface area (Å²) >= 11 is 0. The average molecular weight is 369 g/mol. The molecule has 6 heteroatoms. The molecule has 0 atom stereocenters. The van der Waals surface area contributed by atoms with Crippen LogP contribution >= 0.6 is 0 Å². The van der Waals surface area contributed by atoms with Crippen LogP contribution in [-0.4, -0.2) is 47.8 Å². The number of para-hydroxylation sites is 1. The van der Waals surface area contributed by atoms with Crippen LogP contribution in [0.15, 0.2) is 48.5 Å². The van der Waals surface area contributed by atoms with Gasteiger partial charge in [0.1, 0.15) is 5.82 Å². The van der Waals surface area contributed by atoms with Gasteiger partial charge in [0, 0.05) is 43.9 Å². The van der Waals surface area contributed by atoms with Crippen molar-refractivity contribution in [2.45, 2.75) is 19.3 Å². The van der Waals surface area contributed by atoms with E-state index in [-0.39, 0.29) is 17.6 Å². The van der Waals surface area contributed by atoms with Crippen LogP contribution < -0.4 is 5.73 Å². The standard InChI is InChI=1S/C21H24FN3O2/c22-18-9-6-17(7-10-18)21(27)25-13-3-12-24(14-15-25)20(26)11-8-16-4-1-2-5-19(16)23/h1-2,4-7,9-10H,3,8,11-15,23H2. The monoisotopic (exact) mass is 369 g/mol. The summed E-state index contributed by atoms with van der Waals surface area (Å²) in [4.78, 5) is 28.7.